The van der Waals surface area contributed by atoms with Gasteiger partial charge in [-0.1, -0.05) is 26.0 Å². The molecule has 146 valence electrons. The highest BCUT2D eigenvalue weighted by Crippen LogP contribution is 2.22. The van der Waals surface area contributed by atoms with Gasteiger partial charge in [0.1, 0.15) is 6.04 Å². The minimum absolute atomic E-state index is 0.138. The van der Waals surface area contributed by atoms with Gasteiger partial charge < -0.3 is 14.8 Å². The van der Waals surface area contributed by atoms with Crippen molar-refractivity contribution >= 4 is 39.4 Å². The molecule has 1 aromatic carbocycles. The Kier molecular flexibility index (Phi) is 7.72. The van der Waals surface area contributed by atoms with Gasteiger partial charge in [-0.05, 0) is 24.5 Å². The summed E-state index contributed by atoms with van der Waals surface area (Å²) in [6.07, 6.45) is 1.04. The standard InChI is InChI=1S/C19H24N2O5S/c1-12(2)10-14(19(24)25-3)20-16(22)11-26-18(23)9-8-17-21-13-6-4-5-7-15(13)27-17/h4-7,12,14H,8-11H2,1-3H3,(H,20,22)/t14-/m1/s1. The van der Waals surface area contributed by atoms with Crippen molar-refractivity contribution in [2.24, 2.45) is 5.92 Å². The molecule has 0 radical (unpaired) electrons. The van der Waals surface area contributed by atoms with E-state index in [2.05, 4.69) is 15.0 Å². The highest BCUT2D eigenvalue weighted by Gasteiger charge is 2.23. The van der Waals surface area contributed by atoms with Crippen molar-refractivity contribution in [2.75, 3.05) is 13.7 Å². The number of ether oxygens (including phenoxy) is 2. The fraction of sp³-hybridized carbons (Fsp3) is 0.474. The second kappa shape index (κ2) is 10.0. The van der Waals surface area contributed by atoms with Gasteiger partial charge in [0.15, 0.2) is 6.61 Å². The molecule has 0 saturated heterocycles. The summed E-state index contributed by atoms with van der Waals surface area (Å²) >= 11 is 1.53. The molecule has 0 fully saturated rings. The Labute approximate surface area is 162 Å². The van der Waals surface area contributed by atoms with Crippen molar-refractivity contribution in [3.63, 3.8) is 0 Å². The van der Waals surface area contributed by atoms with Crippen LogP contribution in [0.2, 0.25) is 0 Å². The lowest BCUT2D eigenvalue weighted by Crippen LogP contribution is -2.44. The van der Waals surface area contributed by atoms with Crippen LogP contribution in [0.4, 0.5) is 0 Å². The maximum Gasteiger partial charge on any atom is 0.328 e. The number of thiazole rings is 1. The molecule has 1 atom stereocenters. The predicted molar refractivity (Wildman–Crippen MR) is 102 cm³/mol. The van der Waals surface area contributed by atoms with Crippen LogP contribution in [0.25, 0.3) is 10.2 Å². The maximum absolute atomic E-state index is 11.9. The molecule has 1 N–H and O–H groups in total. The van der Waals surface area contributed by atoms with Gasteiger partial charge in [0.2, 0.25) is 0 Å². The monoisotopic (exact) mass is 392 g/mol. The van der Waals surface area contributed by atoms with Gasteiger partial charge >= 0.3 is 11.9 Å². The number of esters is 2. The molecule has 0 spiro atoms. The van der Waals surface area contributed by atoms with Crippen molar-refractivity contribution in [1.29, 1.82) is 0 Å². The molecular formula is C19H24N2O5S. The molecule has 0 unspecified atom stereocenters. The van der Waals surface area contributed by atoms with E-state index in [1.807, 2.05) is 38.1 Å². The summed E-state index contributed by atoms with van der Waals surface area (Å²) in [5.74, 6) is -1.33. The van der Waals surface area contributed by atoms with Crippen LogP contribution >= 0.6 is 11.3 Å². The van der Waals surface area contributed by atoms with Gasteiger partial charge in [-0.2, -0.15) is 0 Å². The highest BCUT2D eigenvalue weighted by atomic mass is 32.1. The van der Waals surface area contributed by atoms with E-state index < -0.39 is 30.5 Å². The summed E-state index contributed by atoms with van der Waals surface area (Å²) in [7, 11) is 1.27. The Bertz CT molecular complexity index is 769. The summed E-state index contributed by atoms with van der Waals surface area (Å²) in [4.78, 5) is 40.0. The van der Waals surface area contributed by atoms with Crippen LogP contribution in [0.3, 0.4) is 0 Å². The molecule has 8 heteroatoms. The molecule has 27 heavy (non-hydrogen) atoms. The minimum atomic E-state index is -0.746. The molecule has 1 amide bonds. The van der Waals surface area contributed by atoms with E-state index in [-0.39, 0.29) is 12.3 Å². The fourth-order valence-electron chi connectivity index (χ4n) is 2.52. The minimum Gasteiger partial charge on any atom is -0.467 e. The number of amides is 1. The largest absolute Gasteiger partial charge is 0.467 e. The van der Waals surface area contributed by atoms with Gasteiger partial charge in [0.25, 0.3) is 5.91 Å². The molecule has 0 saturated carbocycles. The average molecular weight is 392 g/mol. The SMILES string of the molecule is COC(=O)[C@@H](CC(C)C)NC(=O)COC(=O)CCc1nc2ccccc2s1. The van der Waals surface area contributed by atoms with Crippen LogP contribution < -0.4 is 5.32 Å². The Morgan fingerprint density at radius 3 is 2.63 bits per heavy atom. The Morgan fingerprint density at radius 1 is 1.22 bits per heavy atom. The Morgan fingerprint density at radius 2 is 1.96 bits per heavy atom. The first-order valence-electron chi connectivity index (χ1n) is 8.76. The molecule has 7 nitrogen and oxygen atoms in total. The van der Waals surface area contributed by atoms with E-state index in [0.717, 1.165) is 15.2 Å². The number of aryl methyl sites for hydroxylation is 1. The first kappa shape index (κ1) is 20.8. The second-order valence-electron chi connectivity index (χ2n) is 6.51. The zero-order valence-corrected chi connectivity index (χ0v) is 16.5. The van der Waals surface area contributed by atoms with Crippen molar-refractivity contribution in [1.82, 2.24) is 10.3 Å². The Balaban J connectivity index is 1.76. The van der Waals surface area contributed by atoms with E-state index in [0.29, 0.717) is 12.8 Å². The number of nitrogens with one attached hydrogen (secondary N) is 1. The molecule has 2 aromatic rings. The van der Waals surface area contributed by atoms with Crippen LogP contribution in [0.15, 0.2) is 24.3 Å². The smallest absolute Gasteiger partial charge is 0.328 e. The van der Waals surface area contributed by atoms with Crippen molar-refractivity contribution in [3.8, 4) is 0 Å². The highest BCUT2D eigenvalue weighted by molar-refractivity contribution is 7.18. The van der Waals surface area contributed by atoms with E-state index in [1.54, 1.807) is 0 Å². The van der Waals surface area contributed by atoms with Gasteiger partial charge in [0, 0.05) is 6.42 Å². The summed E-state index contributed by atoms with van der Waals surface area (Å²) < 4.78 is 10.7. The maximum atomic E-state index is 11.9. The third-order valence-corrected chi connectivity index (χ3v) is 4.87. The van der Waals surface area contributed by atoms with Crippen LogP contribution in [0.5, 0.6) is 0 Å². The molecule has 1 heterocycles. The zero-order chi connectivity index (χ0) is 19.8. The van der Waals surface area contributed by atoms with Crippen LogP contribution in [0, 0.1) is 5.92 Å². The molecular weight excluding hydrogens is 368 g/mol. The van der Waals surface area contributed by atoms with Gasteiger partial charge in [0.05, 0.1) is 28.8 Å². The van der Waals surface area contributed by atoms with E-state index in [9.17, 15) is 14.4 Å². The quantitative estimate of drug-likeness (QED) is 0.659. The number of methoxy groups -OCH3 is 1. The normalized spacial score (nSPS) is 12.0. The number of carbonyl (C=O) groups is 3. The topological polar surface area (TPSA) is 94.6 Å². The van der Waals surface area contributed by atoms with Gasteiger partial charge in [-0.3, -0.25) is 9.59 Å². The first-order chi connectivity index (χ1) is 12.9. The summed E-state index contributed by atoms with van der Waals surface area (Å²) in [5.41, 5.74) is 0.907. The third kappa shape index (κ3) is 6.63. The second-order valence-corrected chi connectivity index (χ2v) is 7.62. The number of hydrogen-bond acceptors (Lipinski definition) is 7. The summed E-state index contributed by atoms with van der Waals surface area (Å²) in [5, 5.41) is 3.39. The summed E-state index contributed by atoms with van der Waals surface area (Å²) in [6, 6.07) is 7.02. The van der Waals surface area contributed by atoms with Crippen molar-refractivity contribution in [3.05, 3.63) is 29.3 Å². The molecule has 0 aliphatic carbocycles. The lowest BCUT2D eigenvalue weighted by Gasteiger charge is -2.18. The number of rotatable bonds is 9. The van der Waals surface area contributed by atoms with Crippen LogP contribution in [-0.4, -0.2) is 42.6 Å². The van der Waals surface area contributed by atoms with Gasteiger partial charge in [-0.25, -0.2) is 9.78 Å². The molecule has 2 rings (SSSR count). The summed E-state index contributed by atoms with van der Waals surface area (Å²) in [6.45, 7) is 3.44. The number of benzene rings is 1. The molecule has 0 aliphatic heterocycles. The number of hydrogen-bond donors (Lipinski definition) is 1. The lowest BCUT2D eigenvalue weighted by molar-refractivity contribution is -0.150. The van der Waals surface area contributed by atoms with E-state index in [1.165, 1.54) is 18.4 Å². The number of nitrogens with zero attached hydrogens (tertiary/aromatic N) is 1. The van der Waals surface area contributed by atoms with E-state index in [4.69, 9.17) is 4.74 Å². The predicted octanol–water partition coefficient (Wildman–Crippen LogP) is 2.48. The fourth-order valence-corrected chi connectivity index (χ4v) is 3.48. The Hall–Kier alpha value is -2.48. The van der Waals surface area contributed by atoms with Gasteiger partial charge in [-0.15, -0.1) is 11.3 Å². The van der Waals surface area contributed by atoms with Crippen LogP contribution in [0.1, 0.15) is 31.7 Å². The zero-order valence-electron chi connectivity index (χ0n) is 15.7. The van der Waals surface area contributed by atoms with Crippen molar-refractivity contribution in [2.45, 2.75) is 39.2 Å². The molecule has 0 bridgehead atoms. The number of aromatic nitrogens is 1. The molecule has 0 aliphatic rings. The number of fused-ring (bicyclic) bond motifs is 1. The molecule has 1 aromatic heterocycles. The van der Waals surface area contributed by atoms with Crippen LogP contribution in [-0.2, 0) is 30.3 Å². The average Bonchev–Trinajstić information content (AvgIpc) is 3.06. The number of carbonyl (C=O) groups excluding carboxylic acids is 3. The number of para-hydroxylation sites is 1. The van der Waals surface area contributed by atoms with E-state index >= 15 is 0 Å². The third-order valence-electron chi connectivity index (χ3n) is 3.77. The van der Waals surface area contributed by atoms with Crippen molar-refractivity contribution < 1.29 is 23.9 Å². The first-order valence-corrected chi connectivity index (χ1v) is 9.58. The lowest BCUT2D eigenvalue weighted by atomic mass is 10.0.